The van der Waals surface area contributed by atoms with Crippen LogP contribution in [0.4, 0.5) is 10.7 Å². The number of thiophene rings is 1. The molecule has 1 amide bonds. The lowest BCUT2D eigenvalue weighted by molar-refractivity contribution is 0.0956. The summed E-state index contributed by atoms with van der Waals surface area (Å²) in [5.74, 6) is -0.0388. The number of unbranched alkanes of at least 4 members (excludes halogenated alkanes) is 2. The number of amides is 1. The van der Waals surface area contributed by atoms with Crippen molar-refractivity contribution in [2.75, 3.05) is 31.3 Å². The summed E-state index contributed by atoms with van der Waals surface area (Å²) in [5, 5.41) is 7.26. The highest BCUT2D eigenvalue weighted by Gasteiger charge is 2.25. The second-order valence-electron chi connectivity index (χ2n) is 5.12. The third-order valence-corrected chi connectivity index (χ3v) is 4.31. The molecule has 20 heavy (non-hydrogen) atoms. The van der Waals surface area contributed by atoms with Gasteiger partial charge in [-0.15, -0.1) is 11.3 Å². The molecule has 0 aromatic carbocycles. The van der Waals surface area contributed by atoms with Crippen molar-refractivity contribution in [1.29, 1.82) is 0 Å². The Balaban J connectivity index is 1.73. The van der Waals surface area contributed by atoms with Crippen LogP contribution in [-0.4, -0.2) is 32.2 Å². The molecule has 1 saturated carbocycles. The number of anilines is 2. The van der Waals surface area contributed by atoms with Crippen molar-refractivity contribution in [3.63, 3.8) is 0 Å². The average Bonchev–Trinajstić information content (AvgIpc) is 3.15. The average molecular weight is 297 g/mol. The Kier molecular flexibility index (Phi) is 5.67. The number of hydrogen-bond donors (Lipinski definition) is 3. The van der Waals surface area contributed by atoms with Crippen molar-refractivity contribution in [1.82, 2.24) is 5.32 Å². The van der Waals surface area contributed by atoms with Gasteiger partial charge in [0.1, 0.15) is 4.88 Å². The van der Waals surface area contributed by atoms with Gasteiger partial charge in [0.2, 0.25) is 0 Å². The fourth-order valence-corrected chi connectivity index (χ4v) is 2.82. The monoisotopic (exact) mass is 297 g/mol. The Morgan fingerprint density at radius 1 is 1.45 bits per heavy atom. The van der Waals surface area contributed by atoms with Crippen molar-refractivity contribution < 1.29 is 9.53 Å². The number of carbonyl (C=O) groups is 1. The van der Waals surface area contributed by atoms with Crippen molar-refractivity contribution in [2.24, 2.45) is 0 Å². The predicted molar refractivity (Wildman–Crippen MR) is 83.4 cm³/mol. The highest BCUT2D eigenvalue weighted by molar-refractivity contribution is 7.18. The smallest absolute Gasteiger partial charge is 0.263 e. The molecule has 2 rings (SSSR count). The number of nitrogens with one attached hydrogen (secondary N) is 2. The third kappa shape index (κ3) is 4.68. The molecule has 5 nitrogen and oxygen atoms in total. The molecule has 0 bridgehead atoms. The van der Waals surface area contributed by atoms with Gasteiger partial charge in [-0.2, -0.15) is 0 Å². The minimum Gasteiger partial charge on any atom is -0.397 e. The highest BCUT2D eigenvalue weighted by Crippen LogP contribution is 2.30. The predicted octanol–water partition coefficient (Wildman–Crippen LogP) is 2.45. The van der Waals surface area contributed by atoms with Crippen LogP contribution in [0.15, 0.2) is 6.07 Å². The maximum absolute atomic E-state index is 12.0. The van der Waals surface area contributed by atoms with E-state index in [1.54, 1.807) is 7.11 Å². The van der Waals surface area contributed by atoms with Crippen LogP contribution < -0.4 is 16.4 Å². The van der Waals surface area contributed by atoms with Gasteiger partial charge >= 0.3 is 0 Å². The number of methoxy groups -OCH3 is 1. The Morgan fingerprint density at radius 3 is 2.95 bits per heavy atom. The maximum atomic E-state index is 12.0. The van der Waals surface area contributed by atoms with Gasteiger partial charge < -0.3 is 21.1 Å². The van der Waals surface area contributed by atoms with E-state index in [-0.39, 0.29) is 5.91 Å². The molecular weight excluding hydrogens is 274 g/mol. The summed E-state index contributed by atoms with van der Waals surface area (Å²) in [5.41, 5.74) is 6.47. The van der Waals surface area contributed by atoms with Crippen LogP contribution in [0.5, 0.6) is 0 Å². The number of ether oxygens (including phenoxy) is 1. The van der Waals surface area contributed by atoms with Gasteiger partial charge in [-0.25, -0.2) is 0 Å². The van der Waals surface area contributed by atoms with E-state index in [9.17, 15) is 4.79 Å². The molecule has 1 heterocycles. The first kappa shape index (κ1) is 15.1. The zero-order valence-electron chi connectivity index (χ0n) is 11.9. The van der Waals surface area contributed by atoms with Crippen LogP contribution in [0.2, 0.25) is 0 Å². The Hall–Kier alpha value is -1.27. The molecule has 1 aromatic rings. The zero-order valence-corrected chi connectivity index (χ0v) is 12.7. The van der Waals surface area contributed by atoms with Crippen molar-refractivity contribution in [3.05, 3.63) is 10.9 Å². The van der Waals surface area contributed by atoms with Gasteiger partial charge in [-0.1, -0.05) is 0 Å². The lowest BCUT2D eigenvalue weighted by Gasteiger charge is -2.03. The fraction of sp³-hybridized carbons (Fsp3) is 0.643. The van der Waals surface area contributed by atoms with Crippen LogP contribution >= 0.6 is 11.3 Å². The summed E-state index contributed by atoms with van der Waals surface area (Å²) < 4.78 is 5.01. The molecular formula is C14H23N3O2S. The van der Waals surface area contributed by atoms with E-state index >= 15 is 0 Å². The third-order valence-electron chi connectivity index (χ3n) is 3.20. The number of hydrogen-bond acceptors (Lipinski definition) is 5. The first-order chi connectivity index (χ1) is 9.70. The normalized spacial score (nSPS) is 14.2. The van der Waals surface area contributed by atoms with Gasteiger partial charge in [0.05, 0.1) is 10.7 Å². The Morgan fingerprint density at radius 2 is 2.25 bits per heavy atom. The number of carbonyl (C=O) groups excluding carboxylic acids is 1. The van der Waals surface area contributed by atoms with Crippen LogP contribution in [0, 0.1) is 0 Å². The summed E-state index contributed by atoms with van der Waals surface area (Å²) in [6.45, 7) is 1.71. The largest absolute Gasteiger partial charge is 0.397 e. The van der Waals surface area contributed by atoms with Crippen LogP contribution in [0.3, 0.4) is 0 Å². The van der Waals surface area contributed by atoms with E-state index in [0.29, 0.717) is 16.6 Å². The van der Waals surface area contributed by atoms with E-state index < -0.39 is 0 Å². The van der Waals surface area contributed by atoms with E-state index in [0.717, 1.165) is 50.3 Å². The van der Waals surface area contributed by atoms with Crippen LogP contribution in [0.1, 0.15) is 41.8 Å². The fourth-order valence-electron chi connectivity index (χ4n) is 1.91. The molecule has 0 saturated heterocycles. The summed E-state index contributed by atoms with van der Waals surface area (Å²) >= 11 is 1.43. The number of nitrogen functional groups attached to an aromatic ring is 1. The second-order valence-corrected chi connectivity index (χ2v) is 6.18. The molecule has 6 heteroatoms. The molecule has 4 N–H and O–H groups in total. The van der Waals surface area contributed by atoms with Gasteiger partial charge in [-0.05, 0) is 38.2 Å². The van der Waals surface area contributed by atoms with E-state index in [1.807, 2.05) is 6.07 Å². The molecule has 112 valence electrons. The Bertz CT molecular complexity index is 444. The molecule has 0 unspecified atom stereocenters. The minimum absolute atomic E-state index is 0.0388. The van der Waals surface area contributed by atoms with Crippen molar-refractivity contribution >= 4 is 27.9 Å². The van der Waals surface area contributed by atoms with E-state index in [4.69, 9.17) is 10.5 Å². The summed E-state index contributed by atoms with van der Waals surface area (Å²) in [4.78, 5) is 12.6. The van der Waals surface area contributed by atoms with Crippen molar-refractivity contribution in [2.45, 2.75) is 38.1 Å². The number of rotatable bonds is 9. The summed E-state index contributed by atoms with van der Waals surface area (Å²) in [6, 6.07) is 2.21. The maximum Gasteiger partial charge on any atom is 0.263 e. The topological polar surface area (TPSA) is 76.4 Å². The lowest BCUT2D eigenvalue weighted by Crippen LogP contribution is -2.25. The molecule has 0 radical (unpaired) electrons. The Labute approximate surface area is 123 Å². The SMILES string of the molecule is COCCCCCNc1cc(N)c(C(=O)NC2CC2)s1. The first-order valence-corrected chi connectivity index (χ1v) is 7.95. The minimum atomic E-state index is -0.0388. The molecule has 0 spiro atoms. The summed E-state index contributed by atoms with van der Waals surface area (Å²) in [6.07, 6.45) is 5.48. The number of nitrogens with two attached hydrogens (primary N) is 1. The molecule has 1 aromatic heterocycles. The van der Waals surface area contributed by atoms with E-state index in [1.165, 1.54) is 11.3 Å². The first-order valence-electron chi connectivity index (χ1n) is 7.13. The highest BCUT2D eigenvalue weighted by atomic mass is 32.1. The van der Waals surface area contributed by atoms with Gasteiger partial charge in [0, 0.05) is 26.3 Å². The van der Waals surface area contributed by atoms with Crippen molar-refractivity contribution in [3.8, 4) is 0 Å². The van der Waals surface area contributed by atoms with E-state index in [2.05, 4.69) is 10.6 Å². The molecule has 1 aliphatic rings. The van der Waals surface area contributed by atoms with Crippen LogP contribution in [-0.2, 0) is 4.74 Å². The van der Waals surface area contributed by atoms with Crippen LogP contribution in [0.25, 0.3) is 0 Å². The van der Waals surface area contributed by atoms with Gasteiger partial charge in [-0.3, -0.25) is 4.79 Å². The standard InChI is InChI=1S/C14H23N3O2S/c1-19-8-4-2-3-7-16-12-9-11(15)13(20-12)14(18)17-10-5-6-10/h9-10,16H,2-8,15H2,1H3,(H,17,18). The molecule has 1 aliphatic carbocycles. The molecule has 1 fully saturated rings. The second kappa shape index (κ2) is 7.50. The summed E-state index contributed by atoms with van der Waals surface area (Å²) in [7, 11) is 1.72. The zero-order chi connectivity index (χ0) is 14.4. The molecule has 0 atom stereocenters. The molecule has 0 aliphatic heterocycles. The quantitative estimate of drug-likeness (QED) is 0.612. The lowest BCUT2D eigenvalue weighted by atomic mass is 10.2. The van der Waals surface area contributed by atoms with Gasteiger partial charge in [0.25, 0.3) is 5.91 Å². The van der Waals surface area contributed by atoms with Gasteiger partial charge in [0.15, 0.2) is 0 Å².